The van der Waals surface area contributed by atoms with Crippen molar-refractivity contribution in [3.63, 3.8) is 0 Å². The highest BCUT2D eigenvalue weighted by molar-refractivity contribution is 5.79. The molecule has 1 unspecified atom stereocenters. The molecular weight excluding hydrogens is 344 g/mol. The second kappa shape index (κ2) is 11.8. The smallest absolute Gasteiger partial charge is 0.222 e. The molecule has 0 aromatic heterocycles. The number of likely N-dealkylation sites (tertiary alicyclic amines) is 2. The quantitative estimate of drug-likeness (QED) is 0.284. The highest BCUT2D eigenvalue weighted by atomic mass is 16.2. The molecule has 0 bridgehead atoms. The normalized spacial score (nSPS) is 21.5. The number of nitrogens with zero attached hydrogens (tertiary/aromatic N) is 3. The summed E-state index contributed by atoms with van der Waals surface area (Å²) in [6, 6.07) is 0. The molecule has 2 saturated heterocycles. The molecule has 8 nitrogen and oxygen atoms in total. The van der Waals surface area contributed by atoms with E-state index in [0.717, 1.165) is 83.9 Å². The summed E-state index contributed by atoms with van der Waals surface area (Å²) < 4.78 is 0. The first-order chi connectivity index (χ1) is 13.1. The zero-order valence-corrected chi connectivity index (χ0v) is 16.7. The average Bonchev–Trinajstić information content (AvgIpc) is 3.07. The number of rotatable bonds is 10. The fraction of sp³-hybridized carbons (Fsp3) is 0.842. The van der Waals surface area contributed by atoms with Crippen molar-refractivity contribution in [3.05, 3.63) is 0 Å². The van der Waals surface area contributed by atoms with Crippen LogP contribution in [0.4, 0.5) is 0 Å². The van der Waals surface area contributed by atoms with Gasteiger partial charge in [-0.1, -0.05) is 0 Å². The van der Waals surface area contributed by atoms with Gasteiger partial charge in [0.05, 0.1) is 5.92 Å². The van der Waals surface area contributed by atoms with Gasteiger partial charge < -0.3 is 26.2 Å². The molecule has 0 aliphatic carbocycles. The number of aliphatic imine (C=N–C) groups is 1. The second-order valence-corrected chi connectivity index (χ2v) is 7.42. The van der Waals surface area contributed by atoms with Gasteiger partial charge in [0.2, 0.25) is 11.8 Å². The van der Waals surface area contributed by atoms with Crippen LogP contribution < -0.4 is 16.4 Å². The Morgan fingerprint density at radius 1 is 1.22 bits per heavy atom. The Hall–Kier alpha value is -1.83. The van der Waals surface area contributed by atoms with Crippen LogP contribution in [0.2, 0.25) is 0 Å². The molecule has 2 rings (SSSR count). The Bertz CT molecular complexity index is 510. The maximum Gasteiger partial charge on any atom is 0.222 e. The minimum atomic E-state index is -0.171. The number of guanidine groups is 1. The first-order valence-corrected chi connectivity index (χ1v) is 10.4. The van der Waals surface area contributed by atoms with E-state index in [-0.39, 0.29) is 17.7 Å². The number of nitrogens with one attached hydrogen (secondary N) is 2. The van der Waals surface area contributed by atoms with E-state index in [9.17, 15) is 9.59 Å². The summed E-state index contributed by atoms with van der Waals surface area (Å²) in [5.74, 6) is 0.947. The van der Waals surface area contributed by atoms with Gasteiger partial charge in [-0.2, -0.15) is 0 Å². The van der Waals surface area contributed by atoms with Gasteiger partial charge >= 0.3 is 0 Å². The predicted octanol–water partition coefficient (Wildman–Crippen LogP) is 0.141. The number of hydrogen-bond donors (Lipinski definition) is 3. The Labute approximate surface area is 162 Å². The molecule has 0 aromatic rings. The van der Waals surface area contributed by atoms with Gasteiger partial charge in [0.15, 0.2) is 5.96 Å². The highest BCUT2D eigenvalue weighted by Gasteiger charge is 2.23. The summed E-state index contributed by atoms with van der Waals surface area (Å²) in [7, 11) is 0. The summed E-state index contributed by atoms with van der Waals surface area (Å²) in [6.07, 6.45) is 5.55. The number of piperidine rings is 1. The van der Waals surface area contributed by atoms with Gasteiger partial charge in [0.1, 0.15) is 0 Å². The molecule has 1 atom stereocenters. The largest absolute Gasteiger partial charge is 0.369 e. The predicted molar refractivity (Wildman–Crippen MR) is 107 cm³/mol. The zero-order chi connectivity index (χ0) is 19.5. The highest BCUT2D eigenvalue weighted by Crippen LogP contribution is 2.15. The van der Waals surface area contributed by atoms with Gasteiger partial charge in [-0.25, -0.2) is 0 Å². The Morgan fingerprint density at radius 3 is 2.78 bits per heavy atom. The third-order valence-corrected chi connectivity index (χ3v) is 5.22. The van der Waals surface area contributed by atoms with Crippen LogP contribution in [-0.2, 0) is 9.59 Å². The molecule has 0 saturated carbocycles. The van der Waals surface area contributed by atoms with Crippen molar-refractivity contribution < 1.29 is 9.59 Å². The van der Waals surface area contributed by atoms with Crippen molar-refractivity contribution in [2.75, 3.05) is 52.4 Å². The summed E-state index contributed by atoms with van der Waals surface area (Å²) in [6.45, 7) is 8.94. The molecule has 2 heterocycles. The fourth-order valence-corrected chi connectivity index (χ4v) is 3.73. The zero-order valence-electron chi connectivity index (χ0n) is 16.7. The molecule has 0 aromatic carbocycles. The van der Waals surface area contributed by atoms with Crippen LogP contribution in [0.1, 0.15) is 45.4 Å². The number of hydrogen-bond acceptors (Lipinski definition) is 4. The van der Waals surface area contributed by atoms with Crippen molar-refractivity contribution in [3.8, 4) is 0 Å². The second-order valence-electron chi connectivity index (χ2n) is 7.42. The lowest BCUT2D eigenvalue weighted by Crippen LogP contribution is -2.43. The van der Waals surface area contributed by atoms with E-state index in [1.54, 1.807) is 0 Å². The maximum absolute atomic E-state index is 11.6. The Balaban J connectivity index is 1.61. The molecule has 0 radical (unpaired) electrons. The minimum Gasteiger partial charge on any atom is -0.369 e. The lowest BCUT2D eigenvalue weighted by atomic mass is 9.97. The van der Waals surface area contributed by atoms with E-state index in [0.29, 0.717) is 13.0 Å². The number of carbonyl (C=O) groups excluding carboxylic acids is 2. The van der Waals surface area contributed by atoms with Crippen LogP contribution in [0.25, 0.3) is 0 Å². The first kappa shape index (κ1) is 21.5. The minimum absolute atomic E-state index is 0.00748. The van der Waals surface area contributed by atoms with E-state index in [1.807, 2.05) is 4.90 Å². The summed E-state index contributed by atoms with van der Waals surface area (Å²) in [4.78, 5) is 31.8. The topological polar surface area (TPSA) is 103 Å². The number of nitrogens with two attached hydrogens (primary N) is 1. The van der Waals surface area contributed by atoms with Crippen molar-refractivity contribution in [2.45, 2.75) is 45.4 Å². The summed E-state index contributed by atoms with van der Waals surface area (Å²) in [5, 5.41) is 6.64. The van der Waals surface area contributed by atoms with E-state index < -0.39 is 0 Å². The van der Waals surface area contributed by atoms with Gasteiger partial charge in [-0.05, 0) is 52.1 Å². The van der Waals surface area contributed by atoms with Crippen molar-refractivity contribution >= 4 is 17.8 Å². The van der Waals surface area contributed by atoms with E-state index in [4.69, 9.17) is 5.73 Å². The van der Waals surface area contributed by atoms with Crippen LogP contribution in [0.15, 0.2) is 4.99 Å². The third-order valence-electron chi connectivity index (χ3n) is 5.22. The Morgan fingerprint density at radius 2 is 2.07 bits per heavy atom. The van der Waals surface area contributed by atoms with E-state index >= 15 is 0 Å². The molecule has 2 fully saturated rings. The molecule has 2 aliphatic rings. The standard InChI is InChI=1S/C19H36N6O2/c1-2-21-19(23-10-6-14-25-13-4-8-17(25)26)22-9-5-12-24-11-3-7-16(15-24)18(20)27/h16H,2-15H2,1H3,(H2,20,27)(H2,21,22,23). The van der Waals surface area contributed by atoms with Crippen LogP contribution in [-0.4, -0.2) is 79.9 Å². The molecule has 4 N–H and O–H groups in total. The number of carbonyl (C=O) groups is 2. The lowest BCUT2D eigenvalue weighted by Gasteiger charge is -2.31. The molecule has 27 heavy (non-hydrogen) atoms. The van der Waals surface area contributed by atoms with Crippen LogP contribution >= 0.6 is 0 Å². The van der Waals surface area contributed by atoms with Crippen molar-refractivity contribution in [1.82, 2.24) is 20.4 Å². The van der Waals surface area contributed by atoms with Gasteiger partial charge in [0.25, 0.3) is 0 Å². The monoisotopic (exact) mass is 380 g/mol. The molecule has 154 valence electrons. The van der Waals surface area contributed by atoms with Crippen molar-refractivity contribution in [1.29, 1.82) is 0 Å². The third kappa shape index (κ3) is 7.74. The summed E-state index contributed by atoms with van der Waals surface area (Å²) in [5.41, 5.74) is 5.44. The van der Waals surface area contributed by atoms with Crippen molar-refractivity contribution in [2.24, 2.45) is 16.6 Å². The summed E-state index contributed by atoms with van der Waals surface area (Å²) >= 11 is 0. The van der Waals surface area contributed by atoms with E-state index in [2.05, 4.69) is 27.4 Å². The number of amides is 2. The molecule has 8 heteroatoms. The molecular formula is C19H36N6O2. The van der Waals surface area contributed by atoms with Crippen LogP contribution in [0, 0.1) is 5.92 Å². The molecule has 0 spiro atoms. The lowest BCUT2D eigenvalue weighted by molar-refractivity contribution is -0.127. The molecule has 2 aliphatic heterocycles. The van der Waals surface area contributed by atoms with Gasteiger partial charge in [-0.3, -0.25) is 14.6 Å². The molecule has 2 amide bonds. The first-order valence-electron chi connectivity index (χ1n) is 10.4. The number of primary amides is 1. The Kier molecular flexibility index (Phi) is 9.38. The SMILES string of the molecule is CCNC(=NCCCN1CCCC1=O)NCCCN1CCCC(C(N)=O)C1. The van der Waals surface area contributed by atoms with Crippen LogP contribution in [0.5, 0.6) is 0 Å². The van der Waals surface area contributed by atoms with Gasteiger partial charge in [0, 0.05) is 45.7 Å². The fourth-order valence-electron chi connectivity index (χ4n) is 3.73. The van der Waals surface area contributed by atoms with E-state index in [1.165, 1.54) is 0 Å². The average molecular weight is 381 g/mol. The van der Waals surface area contributed by atoms with Crippen LogP contribution in [0.3, 0.4) is 0 Å². The maximum atomic E-state index is 11.6. The van der Waals surface area contributed by atoms with Gasteiger partial charge in [-0.15, -0.1) is 0 Å².